The third-order valence-electron chi connectivity index (χ3n) is 5.03. The average Bonchev–Trinajstić information content (AvgIpc) is 2.99. The van der Waals surface area contributed by atoms with Gasteiger partial charge in [-0.25, -0.2) is 0 Å². The molecule has 4 rings (SSSR count). The van der Waals surface area contributed by atoms with Gasteiger partial charge in [0.25, 0.3) is 0 Å². The average molecular weight is 345 g/mol. The van der Waals surface area contributed by atoms with Crippen molar-refractivity contribution in [3.8, 4) is 5.75 Å². The molecule has 2 aromatic carbocycles. The number of nitrogens with two attached hydrogens (primary N) is 1. The maximum Gasteiger partial charge on any atom is 0.119 e. The predicted octanol–water partition coefficient (Wildman–Crippen LogP) is 4.67. The van der Waals surface area contributed by atoms with E-state index in [1.807, 2.05) is 30.3 Å². The van der Waals surface area contributed by atoms with Crippen molar-refractivity contribution >= 4 is 21.8 Å². The van der Waals surface area contributed by atoms with Gasteiger partial charge in [0, 0.05) is 28.0 Å². The van der Waals surface area contributed by atoms with E-state index in [9.17, 15) is 0 Å². The molecule has 0 saturated heterocycles. The van der Waals surface area contributed by atoms with Gasteiger partial charge in [-0.2, -0.15) is 0 Å². The molecule has 4 aromatic rings. The number of rotatable bonds is 5. The Bertz CT molecular complexity index is 1070. The van der Waals surface area contributed by atoms with Crippen molar-refractivity contribution in [1.29, 1.82) is 0 Å². The van der Waals surface area contributed by atoms with E-state index in [1.165, 1.54) is 16.6 Å². The zero-order valence-corrected chi connectivity index (χ0v) is 15.1. The minimum Gasteiger partial charge on any atom is -0.497 e. The van der Waals surface area contributed by atoms with Gasteiger partial charge in [0.05, 0.1) is 18.3 Å². The Labute approximate surface area is 153 Å². The van der Waals surface area contributed by atoms with Crippen molar-refractivity contribution < 1.29 is 4.74 Å². The molecule has 0 saturated carbocycles. The SMILES string of the molecule is COc1ccc2[nH]c(C)c(CCC(N)c3ccc4ccccc4n3)c2c1. The zero-order valence-electron chi connectivity index (χ0n) is 15.1. The van der Waals surface area contributed by atoms with Crippen LogP contribution in [0.1, 0.15) is 29.4 Å². The zero-order chi connectivity index (χ0) is 18.1. The van der Waals surface area contributed by atoms with Crippen molar-refractivity contribution in [3.05, 3.63) is 71.5 Å². The Morgan fingerprint density at radius 1 is 1.12 bits per heavy atom. The number of nitrogens with zero attached hydrogens (tertiary/aromatic N) is 1. The fourth-order valence-electron chi connectivity index (χ4n) is 3.55. The number of hydrogen-bond donors (Lipinski definition) is 2. The van der Waals surface area contributed by atoms with Gasteiger partial charge in [0.15, 0.2) is 0 Å². The summed E-state index contributed by atoms with van der Waals surface area (Å²) in [4.78, 5) is 8.19. The van der Waals surface area contributed by atoms with Crippen LogP contribution in [0, 0.1) is 6.92 Å². The fraction of sp³-hybridized carbons (Fsp3) is 0.227. The second-order valence-electron chi connectivity index (χ2n) is 6.71. The van der Waals surface area contributed by atoms with Crippen LogP contribution < -0.4 is 10.5 Å². The number of aromatic amines is 1. The van der Waals surface area contributed by atoms with Crippen LogP contribution in [0.5, 0.6) is 5.75 Å². The Morgan fingerprint density at radius 3 is 2.81 bits per heavy atom. The maximum atomic E-state index is 6.46. The molecule has 2 heterocycles. The number of H-pyrrole nitrogens is 1. The van der Waals surface area contributed by atoms with E-state index in [1.54, 1.807) is 7.11 Å². The molecule has 0 aliphatic rings. The summed E-state index contributed by atoms with van der Waals surface area (Å²) in [6.45, 7) is 2.11. The summed E-state index contributed by atoms with van der Waals surface area (Å²) in [5, 5.41) is 2.35. The standard InChI is InChI=1S/C22H23N3O/c1-14-17(18-13-16(26-2)8-12-21(18)24-14)9-10-19(23)22-11-7-15-5-3-4-6-20(15)25-22/h3-8,11-13,19,24H,9-10,23H2,1-2H3. The highest BCUT2D eigenvalue weighted by atomic mass is 16.5. The number of benzene rings is 2. The van der Waals surface area contributed by atoms with Crippen molar-refractivity contribution in [2.45, 2.75) is 25.8 Å². The number of methoxy groups -OCH3 is 1. The predicted molar refractivity (Wildman–Crippen MR) is 107 cm³/mol. The lowest BCUT2D eigenvalue weighted by Gasteiger charge is -2.12. The molecule has 0 radical (unpaired) electrons. The number of aromatic nitrogens is 2. The molecule has 0 fully saturated rings. The summed E-state index contributed by atoms with van der Waals surface area (Å²) in [6, 6.07) is 18.3. The summed E-state index contributed by atoms with van der Waals surface area (Å²) >= 11 is 0. The minimum absolute atomic E-state index is 0.0884. The smallest absolute Gasteiger partial charge is 0.119 e. The molecule has 0 aliphatic heterocycles. The van der Waals surface area contributed by atoms with Crippen LogP contribution >= 0.6 is 0 Å². The van der Waals surface area contributed by atoms with E-state index in [0.29, 0.717) is 0 Å². The largest absolute Gasteiger partial charge is 0.497 e. The molecule has 4 nitrogen and oxygen atoms in total. The third-order valence-corrected chi connectivity index (χ3v) is 5.03. The van der Waals surface area contributed by atoms with Crippen LogP contribution in [0.25, 0.3) is 21.8 Å². The minimum atomic E-state index is -0.0884. The van der Waals surface area contributed by atoms with Gasteiger partial charge in [-0.05, 0) is 55.7 Å². The summed E-state index contributed by atoms with van der Waals surface area (Å²) in [5.74, 6) is 0.873. The van der Waals surface area contributed by atoms with Crippen LogP contribution in [0.3, 0.4) is 0 Å². The van der Waals surface area contributed by atoms with Gasteiger partial charge in [0.2, 0.25) is 0 Å². The number of pyridine rings is 1. The number of ether oxygens (including phenoxy) is 1. The Hall–Kier alpha value is -2.85. The lowest BCUT2D eigenvalue weighted by atomic mass is 10.0. The molecule has 0 bridgehead atoms. The molecule has 132 valence electrons. The van der Waals surface area contributed by atoms with Crippen LogP contribution in [0.15, 0.2) is 54.6 Å². The van der Waals surface area contributed by atoms with Crippen LogP contribution in [0.2, 0.25) is 0 Å². The van der Waals surface area contributed by atoms with Crippen molar-refractivity contribution in [3.63, 3.8) is 0 Å². The molecular formula is C22H23N3O. The van der Waals surface area contributed by atoms with Gasteiger partial charge in [-0.3, -0.25) is 4.98 Å². The summed E-state index contributed by atoms with van der Waals surface area (Å²) in [5.41, 5.74) is 12.0. The first-order valence-electron chi connectivity index (χ1n) is 8.92. The molecule has 4 heteroatoms. The maximum absolute atomic E-state index is 6.46. The molecule has 26 heavy (non-hydrogen) atoms. The van der Waals surface area contributed by atoms with Crippen LogP contribution in [-0.4, -0.2) is 17.1 Å². The van der Waals surface area contributed by atoms with E-state index in [0.717, 1.165) is 40.7 Å². The Morgan fingerprint density at radius 2 is 1.96 bits per heavy atom. The number of para-hydroxylation sites is 1. The van der Waals surface area contributed by atoms with E-state index >= 15 is 0 Å². The molecule has 0 aliphatic carbocycles. The number of hydrogen-bond acceptors (Lipinski definition) is 3. The van der Waals surface area contributed by atoms with Gasteiger partial charge >= 0.3 is 0 Å². The first kappa shape index (κ1) is 16.6. The third kappa shape index (κ3) is 3.04. The van der Waals surface area contributed by atoms with E-state index < -0.39 is 0 Å². The summed E-state index contributed by atoms with van der Waals surface area (Å²) in [6.07, 6.45) is 1.74. The van der Waals surface area contributed by atoms with Gasteiger partial charge in [0.1, 0.15) is 5.75 Å². The Balaban J connectivity index is 1.57. The van der Waals surface area contributed by atoms with Crippen LogP contribution in [-0.2, 0) is 6.42 Å². The van der Waals surface area contributed by atoms with E-state index in [4.69, 9.17) is 15.5 Å². The second-order valence-corrected chi connectivity index (χ2v) is 6.71. The number of fused-ring (bicyclic) bond motifs is 2. The molecule has 1 unspecified atom stereocenters. The molecule has 1 atom stereocenters. The lowest BCUT2D eigenvalue weighted by molar-refractivity contribution is 0.415. The molecule has 0 amide bonds. The first-order chi connectivity index (χ1) is 12.7. The molecular weight excluding hydrogens is 322 g/mol. The highest BCUT2D eigenvalue weighted by molar-refractivity contribution is 5.86. The van der Waals surface area contributed by atoms with Gasteiger partial charge < -0.3 is 15.5 Å². The molecule has 2 aromatic heterocycles. The molecule has 3 N–H and O–H groups in total. The fourth-order valence-corrected chi connectivity index (χ4v) is 3.55. The van der Waals surface area contributed by atoms with Crippen LogP contribution in [0.4, 0.5) is 0 Å². The quantitative estimate of drug-likeness (QED) is 0.553. The van der Waals surface area contributed by atoms with Crippen molar-refractivity contribution in [2.24, 2.45) is 5.73 Å². The normalized spacial score (nSPS) is 12.6. The second kappa shape index (κ2) is 6.81. The molecule has 0 spiro atoms. The monoisotopic (exact) mass is 345 g/mol. The van der Waals surface area contributed by atoms with Crippen molar-refractivity contribution in [1.82, 2.24) is 9.97 Å². The van der Waals surface area contributed by atoms with Crippen molar-refractivity contribution in [2.75, 3.05) is 7.11 Å². The van der Waals surface area contributed by atoms with E-state index in [-0.39, 0.29) is 6.04 Å². The van der Waals surface area contributed by atoms with Gasteiger partial charge in [-0.15, -0.1) is 0 Å². The topological polar surface area (TPSA) is 63.9 Å². The number of aryl methyl sites for hydroxylation is 2. The Kier molecular flexibility index (Phi) is 4.35. The first-order valence-corrected chi connectivity index (χ1v) is 8.92. The highest BCUT2D eigenvalue weighted by Crippen LogP contribution is 2.28. The summed E-state index contributed by atoms with van der Waals surface area (Å²) < 4.78 is 5.37. The van der Waals surface area contributed by atoms with E-state index in [2.05, 4.69) is 36.2 Å². The summed E-state index contributed by atoms with van der Waals surface area (Å²) in [7, 11) is 1.70. The lowest BCUT2D eigenvalue weighted by Crippen LogP contribution is -2.13. The number of nitrogens with one attached hydrogen (secondary N) is 1. The van der Waals surface area contributed by atoms with Gasteiger partial charge in [-0.1, -0.05) is 24.3 Å². The highest BCUT2D eigenvalue weighted by Gasteiger charge is 2.13.